The Hall–Kier alpha value is -1.55. The van der Waals surface area contributed by atoms with Crippen LogP contribution >= 0.6 is 0 Å². The number of ether oxygens (including phenoxy) is 1. The summed E-state index contributed by atoms with van der Waals surface area (Å²) in [6, 6.07) is 7.41. The Morgan fingerprint density at radius 2 is 1.86 bits per heavy atom. The highest BCUT2D eigenvalue weighted by atomic mass is 16.5. The van der Waals surface area contributed by atoms with E-state index in [0.717, 1.165) is 19.3 Å². The van der Waals surface area contributed by atoms with E-state index in [4.69, 9.17) is 4.74 Å². The molecule has 1 aromatic rings. The van der Waals surface area contributed by atoms with Gasteiger partial charge in [0.2, 0.25) is 5.91 Å². The van der Waals surface area contributed by atoms with Crippen LogP contribution in [0, 0.1) is 0 Å². The van der Waals surface area contributed by atoms with E-state index < -0.39 is 5.60 Å². The van der Waals surface area contributed by atoms with Gasteiger partial charge in [-0.1, -0.05) is 31.4 Å². The number of rotatable bonds is 4. The summed E-state index contributed by atoms with van der Waals surface area (Å²) in [6.07, 6.45) is 4.70. The van der Waals surface area contributed by atoms with Crippen LogP contribution in [0.3, 0.4) is 0 Å². The van der Waals surface area contributed by atoms with Crippen LogP contribution in [0.2, 0.25) is 0 Å². The first-order valence-corrected chi connectivity index (χ1v) is 8.08. The summed E-state index contributed by atoms with van der Waals surface area (Å²) in [5.41, 5.74) is -0.522. The number of nitrogens with one attached hydrogen (secondary N) is 1. The van der Waals surface area contributed by atoms with Crippen LogP contribution in [0.4, 0.5) is 5.69 Å². The minimum Gasteiger partial charge on any atom is -0.486 e. The molecule has 122 valence electrons. The second-order valence-corrected chi connectivity index (χ2v) is 7.22. The van der Waals surface area contributed by atoms with Gasteiger partial charge < -0.3 is 15.2 Å². The predicted octanol–water partition coefficient (Wildman–Crippen LogP) is 3.89. The second kappa shape index (κ2) is 6.69. The maximum atomic E-state index is 12.3. The van der Waals surface area contributed by atoms with E-state index in [-0.39, 0.29) is 17.9 Å². The van der Waals surface area contributed by atoms with Crippen molar-refractivity contribution in [1.82, 2.24) is 0 Å². The molecule has 0 bridgehead atoms. The van der Waals surface area contributed by atoms with E-state index in [0.29, 0.717) is 24.3 Å². The summed E-state index contributed by atoms with van der Waals surface area (Å²) in [7, 11) is 0. The average molecular weight is 305 g/mol. The van der Waals surface area contributed by atoms with Gasteiger partial charge >= 0.3 is 0 Å². The standard InChI is InChI=1S/C18H27NO3/c1-17(2,3)22-15-10-6-5-9-14(15)19-16(20)13-18(21)11-7-4-8-12-18/h5-6,9-10,21H,4,7-8,11-13H2,1-3H3,(H,19,20). The quantitative estimate of drug-likeness (QED) is 0.887. The molecule has 0 aromatic heterocycles. The molecule has 2 rings (SSSR count). The zero-order valence-corrected chi connectivity index (χ0v) is 13.8. The van der Waals surface area contributed by atoms with Gasteiger partial charge in [0.05, 0.1) is 17.7 Å². The summed E-state index contributed by atoms with van der Waals surface area (Å²) in [5.74, 6) is 0.494. The number of benzene rings is 1. The SMILES string of the molecule is CC(C)(C)Oc1ccccc1NC(=O)CC1(O)CCCCC1. The molecule has 0 aliphatic heterocycles. The third-order valence-electron chi connectivity index (χ3n) is 3.85. The fraction of sp³-hybridized carbons (Fsp3) is 0.611. The van der Waals surface area contributed by atoms with Crippen molar-refractivity contribution in [2.24, 2.45) is 0 Å². The number of hydrogen-bond acceptors (Lipinski definition) is 3. The predicted molar refractivity (Wildman–Crippen MR) is 88.1 cm³/mol. The molecule has 0 saturated heterocycles. The fourth-order valence-electron chi connectivity index (χ4n) is 2.87. The van der Waals surface area contributed by atoms with Gasteiger partial charge in [-0.25, -0.2) is 0 Å². The Balaban J connectivity index is 2.02. The maximum absolute atomic E-state index is 12.3. The molecule has 1 amide bonds. The molecule has 1 aromatic carbocycles. The van der Waals surface area contributed by atoms with Crippen molar-refractivity contribution in [2.75, 3.05) is 5.32 Å². The number of para-hydroxylation sites is 2. The van der Waals surface area contributed by atoms with Gasteiger partial charge in [-0.05, 0) is 45.7 Å². The zero-order chi connectivity index (χ0) is 16.2. The normalized spacial score (nSPS) is 17.8. The lowest BCUT2D eigenvalue weighted by atomic mass is 9.82. The van der Waals surface area contributed by atoms with Gasteiger partial charge in [-0.15, -0.1) is 0 Å². The summed E-state index contributed by atoms with van der Waals surface area (Å²) >= 11 is 0. The highest BCUT2D eigenvalue weighted by Crippen LogP contribution is 2.32. The van der Waals surface area contributed by atoms with Crippen LogP contribution in [0.1, 0.15) is 59.3 Å². The van der Waals surface area contributed by atoms with E-state index >= 15 is 0 Å². The molecule has 1 fully saturated rings. The molecule has 1 saturated carbocycles. The van der Waals surface area contributed by atoms with Gasteiger partial charge in [0, 0.05) is 0 Å². The van der Waals surface area contributed by atoms with Gasteiger partial charge in [0.1, 0.15) is 11.4 Å². The van der Waals surface area contributed by atoms with E-state index in [1.54, 1.807) is 0 Å². The Bertz CT molecular complexity index is 513. The first-order valence-electron chi connectivity index (χ1n) is 8.08. The molecule has 4 nitrogen and oxygen atoms in total. The molecular weight excluding hydrogens is 278 g/mol. The van der Waals surface area contributed by atoms with Gasteiger partial charge in [-0.2, -0.15) is 0 Å². The van der Waals surface area contributed by atoms with Crippen molar-refractivity contribution in [3.8, 4) is 5.75 Å². The monoisotopic (exact) mass is 305 g/mol. The van der Waals surface area contributed by atoms with E-state index in [9.17, 15) is 9.90 Å². The van der Waals surface area contributed by atoms with E-state index in [2.05, 4.69) is 5.32 Å². The third kappa shape index (κ3) is 5.02. The van der Waals surface area contributed by atoms with Gasteiger partial charge in [0.15, 0.2) is 0 Å². The van der Waals surface area contributed by atoms with Crippen LogP contribution in [0.25, 0.3) is 0 Å². The lowest BCUT2D eigenvalue weighted by Gasteiger charge is -2.31. The van der Waals surface area contributed by atoms with Gasteiger partial charge in [0.25, 0.3) is 0 Å². The largest absolute Gasteiger partial charge is 0.486 e. The highest BCUT2D eigenvalue weighted by Gasteiger charge is 2.31. The average Bonchev–Trinajstić information content (AvgIpc) is 2.39. The Morgan fingerprint density at radius 1 is 1.23 bits per heavy atom. The topological polar surface area (TPSA) is 58.6 Å². The van der Waals surface area contributed by atoms with E-state index in [1.165, 1.54) is 0 Å². The molecular formula is C18H27NO3. The van der Waals surface area contributed by atoms with Crippen LogP contribution < -0.4 is 10.1 Å². The molecule has 0 unspecified atom stereocenters. The molecule has 22 heavy (non-hydrogen) atoms. The molecule has 0 atom stereocenters. The summed E-state index contributed by atoms with van der Waals surface area (Å²) in [4.78, 5) is 12.3. The summed E-state index contributed by atoms with van der Waals surface area (Å²) in [6.45, 7) is 5.91. The minimum atomic E-state index is -0.845. The van der Waals surface area contributed by atoms with E-state index in [1.807, 2.05) is 45.0 Å². The van der Waals surface area contributed by atoms with Crippen molar-refractivity contribution in [3.63, 3.8) is 0 Å². The third-order valence-corrected chi connectivity index (χ3v) is 3.85. The molecule has 2 N–H and O–H groups in total. The van der Waals surface area contributed by atoms with Gasteiger partial charge in [-0.3, -0.25) is 4.79 Å². The summed E-state index contributed by atoms with van der Waals surface area (Å²) in [5, 5.41) is 13.4. The summed E-state index contributed by atoms with van der Waals surface area (Å²) < 4.78 is 5.87. The van der Waals surface area contributed by atoms with Crippen LogP contribution in [-0.4, -0.2) is 22.2 Å². The lowest BCUT2D eigenvalue weighted by molar-refractivity contribution is -0.122. The van der Waals surface area contributed by atoms with Crippen LogP contribution in [0.5, 0.6) is 5.75 Å². The number of carbonyl (C=O) groups is 1. The van der Waals surface area contributed by atoms with Crippen molar-refractivity contribution in [1.29, 1.82) is 0 Å². The van der Waals surface area contributed by atoms with Crippen molar-refractivity contribution < 1.29 is 14.6 Å². The highest BCUT2D eigenvalue weighted by molar-refractivity contribution is 5.92. The lowest BCUT2D eigenvalue weighted by Crippen LogP contribution is -2.36. The Kier molecular flexibility index (Phi) is 5.12. The Morgan fingerprint density at radius 3 is 2.50 bits per heavy atom. The van der Waals surface area contributed by atoms with Crippen LogP contribution in [-0.2, 0) is 4.79 Å². The molecule has 0 heterocycles. The maximum Gasteiger partial charge on any atom is 0.227 e. The number of hydrogen-bond donors (Lipinski definition) is 2. The Labute approximate surface area is 132 Å². The molecule has 0 spiro atoms. The molecule has 4 heteroatoms. The number of amides is 1. The molecule has 1 aliphatic carbocycles. The molecule has 0 radical (unpaired) electrons. The zero-order valence-electron chi connectivity index (χ0n) is 13.8. The number of aliphatic hydroxyl groups is 1. The first kappa shape index (κ1) is 16.8. The number of carbonyl (C=O) groups excluding carboxylic acids is 1. The second-order valence-electron chi connectivity index (χ2n) is 7.22. The minimum absolute atomic E-state index is 0.150. The molecule has 1 aliphatic rings. The van der Waals surface area contributed by atoms with Crippen molar-refractivity contribution in [3.05, 3.63) is 24.3 Å². The first-order chi connectivity index (χ1) is 10.3. The van der Waals surface area contributed by atoms with Crippen molar-refractivity contribution >= 4 is 11.6 Å². The fourth-order valence-corrected chi connectivity index (χ4v) is 2.87. The number of anilines is 1. The van der Waals surface area contributed by atoms with Crippen LogP contribution in [0.15, 0.2) is 24.3 Å². The smallest absolute Gasteiger partial charge is 0.227 e. The van der Waals surface area contributed by atoms with Crippen molar-refractivity contribution in [2.45, 2.75) is 70.5 Å².